The van der Waals surface area contributed by atoms with Crippen LogP contribution in [-0.2, 0) is 6.42 Å². The Morgan fingerprint density at radius 1 is 1.39 bits per heavy atom. The van der Waals surface area contributed by atoms with Crippen molar-refractivity contribution < 1.29 is 4.79 Å². The molecule has 0 saturated carbocycles. The molecule has 0 spiro atoms. The quantitative estimate of drug-likeness (QED) is 0.761. The van der Waals surface area contributed by atoms with E-state index in [4.69, 9.17) is 11.5 Å². The lowest BCUT2D eigenvalue weighted by atomic mass is 10.2. The van der Waals surface area contributed by atoms with Crippen LogP contribution in [0.15, 0.2) is 29.6 Å². The van der Waals surface area contributed by atoms with Crippen LogP contribution in [0.1, 0.15) is 16.1 Å². The second-order valence-corrected chi connectivity index (χ2v) is 4.58. The van der Waals surface area contributed by atoms with E-state index in [0.717, 1.165) is 17.2 Å². The Balaban J connectivity index is 2.20. The van der Waals surface area contributed by atoms with Crippen molar-refractivity contribution in [3.63, 3.8) is 0 Å². The first-order chi connectivity index (χ1) is 8.70. The van der Waals surface area contributed by atoms with Crippen LogP contribution in [0.3, 0.4) is 0 Å². The van der Waals surface area contributed by atoms with Crippen molar-refractivity contribution in [2.24, 2.45) is 11.5 Å². The van der Waals surface area contributed by atoms with E-state index in [2.05, 4.69) is 10.3 Å². The summed E-state index contributed by atoms with van der Waals surface area (Å²) in [6.45, 7) is 0.570. The van der Waals surface area contributed by atoms with Gasteiger partial charge < -0.3 is 16.8 Å². The molecular formula is C12H14N4OS. The number of aromatic nitrogens is 1. The Kier molecular flexibility index (Phi) is 3.91. The van der Waals surface area contributed by atoms with E-state index >= 15 is 0 Å². The number of hydrogen-bond acceptors (Lipinski definition) is 5. The first-order valence-electron chi connectivity index (χ1n) is 5.51. The van der Waals surface area contributed by atoms with E-state index in [0.29, 0.717) is 17.8 Å². The van der Waals surface area contributed by atoms with Gasteiger partial charge >= 0.3 is 0 Å². The van der Waals surface area contributed by atoms with Crippen LogP contribution in [0.2, 0.25) is 0 Å². The SMILES string of the molecule is NCCc1csc(Nc2ccccc2C(N)=O)n1. The molecule has 0 aliphatic heterocycles. The number of anilines is 2. The van der Waals surface area contributed by atoms with Crippen molar-refractivity contribution in [2.75, 3.05) is 11.9 Å². The number of para-hydroxylation sites is 1. The van der Waals surface area contributed by atoms with E-state index in [1.165, 1.54) is 11.3 Å². The largest absolute Gasteiger partial charge is 0.366 e. The lowest BCUT2D eigenvalue weighted by Crippen LogP contribution is -2.13. The van der Waals surface area contributed by atoms with Crippen molar-refractivity contribution in [1.29, 1.82) is 0 Å². The zero-order valence-electron chi connectivity index (χ0n) is 9.72. The van der Waals surface area contributed by atoms with Gasteiger partial charge in [-0.05, 0) is 18.7 Å². The molecule has 1 amide bonds. The zero-order valence-corrected chi connectivity index (χ0v) is 10.5. The van der Waals surface area contributed by atoms with Gasteiger partial charge in [0, 0.05) is 11.8 Å². The number of carbonyl (C=O) groups is 1. The standard InChI is InChI=1S/C12H14N4OS/c13-6-5-8-7-18-12(15-8)16-10-4-2-1-3-9(10)11(14)17/h1-4,7H,5-6,13H2,(H2,14,17)(H,15,16). The normalized spacial score (nSPS) is 10.3. The van der Waals surface area contributed by atoms with Gasteiger partial charge in [0.05, 0.1) is 16.9 Å². The summed E-state index contributed by atoms with van der Waals surface area (Å²) in [5, 5.41) is 5.77. The predicted octanol–water partition coefficient (Wildman–Crippen LogP) is 1.49. The molecule has 0 fully saturated rings. The summed E-state index contributed by atoms with van der Waals surface area (Å²) in [6, 6.07) is 7.08. The molecule has 1 heterocycles. The van der Waals surface area contributed by atoms with Gasteiger partial charge in [-0.3, -0.25) is 4.79 Å². The maximum absolute atomic E-state index is 11.3. The number of benzene rings is 1. The molecule has 2 aromatic rings. The minimum atomic E-state index is -0.461. The van der Waals surface area contributed by atoms with Gasteiger partial charge in [-0.15, -0.1) is 11.3 Å². The summed E-state index contributed by atoms with van der Waals surface area (Å²) in [4.78, 5) is 15.6. The van der Waals surface area contributed by atoms with Gasteiger partial charge in [-0.25, -0.2) is 4.98 Å². The number of primary amides is 1. The highest BCUT2D eigenvalue weighted by molar-refractivity contribution is 7.13. The molecule has 5 nitrogen and oxygen atoms in total. The topological polar surface area (TPSA) is 94.0 Å². The molecule has 0 radical (unpaired) electrons. The van der Waals surface area contributed by atoms with Gasteiger partial charge in [0.25, 0.3) is 5.91 Å². The number of nitrogens with one attached hydrogen (secondary N) is 1. The molecule has 5 N–H and O–H groups in total. The average molecular weight is 262 g/mol. The van der Waals surface area contributed by atoms with Crippen molar-refractivity contribution in [1.82, 2.24) is 4.98 Å². The summed E-state index contributed by atoms with van der Waals surface area (Å²) in [5.41, 5.74) is 12.8. The summed E-state index contributed by atoms with van der Waals surface area (Å²) < 4.78 is 0. The number of amides is 1. The molecule has 1 aromatic carbocycles. The van der Waals surface area contributed by atoms with E-state index < -0.39 is 5.91 Å². The van der Waals surface area contributed by atoms with Gasteiger partial charge in [0.15, 0.2) is 5.13 Å². The van der Waals surface area contributed by atoms with Gasteiger partial charge in [0.1, 0.15) is 0 Å². The number of hydrogen-bond donors (Lipinski definition) is 3. The maximum Gasteiger partial charge on any atom is 0.250 e. The molecule has 94 valence electrons. The number of thiazole rings is 1. The first kappa shape index (κ1) is 12.5. The van der Waals surface area contributed by atoms with Crippen LogP contribution in [-0.4, -0.2) is 17.4 Å². The van der Waals surface area contributed by atoms with Crippen molar-refractivity contribution >= 4 is 28.1 Å². The van der Waals surface area contributed by atoms with Gasteiger partial charge in [-0.1, -0.05) is 12.1 Å². The van der Waals surface area contributed by atoms with E-state index in [9.17, 15) is 4.79 Å². The molecular weight excluding hydrogens is 248 g/mol. The van der Waals surface area contributed by atoms with E-state index in [-0.39, 0.29) is 0 Å². The molecule has 6 heteroatoms. The average Bonchev–Trinajstić information content (AvgIpc) is 2.77. The highest BCUT2D eigenvalue weighted by atomic mass is 32.1. The second kappa shape index (κ2) is 5.61. The van der Waals surface area contributed by atoms with Crippen molar-refractivity contribution in [2.45, 2.75) is 6.42 Å². The van der Waals surface area contributed by atoms with Gasteiger partial charge in [0.2, 0.25) is 0 Å². The summed E-state index contributed by atoms with van der Waals surface area (Å²) in [7, 11) is 0. The molecule has 0 bridgehead atoms. The van der Waals surface area contributed by atoms with Crippen LogP contribution in [0.25, 0.3) is 0 Å². The third-order valence-electron chi connectivity index (χ3n) is 2.39. The molecule has 0 aliphatic carbocycles. The fraction of sp³-hybridized carbons (Fsp3) is 0.167. The molecule has 18 heavy (non-hydrogen) atoms. The smallest absolute Gasteiger partial charge is 0.250 e. The lowest BCUT2D eigenvalue weighted by molar-refractivity contribution is 0.100. The fourth-order valence-corrected chi connectivity index (χ4v) is 2.31. The molecule has 0 unspecified atom stereocenters. The fourth-order valence-electron chi connectivity index (χ4n) is 1.55. The molecule has 0 atom stereocenters. The monoisotopic (exact) mass is 262 g/mol. The Bertz CT molecular complexity index is 553. The van der Waals surface area contributed by atoms with E-state index in [1.807, 2.05) is 11.4 Å². The van der Waals surface area contributed by atoms with Crippen LogP contribution >= 0.6 is 11.3 Å². The summed E-state index contributed by atoms with van der Waals surface area (Å²) in [5.74, 6) is -0.461. The Morgan fingerprint density at radius 3 is 2.89 bits per heavy atom. The highest BCUT2D eigenvalue weighted by Gasteiger charge is 2.08. The Morgan fingerprint density at radius 2 is 2.17 bits per heavy atom. The minimum absolute atomic E-state index is 0.452. The Labute approximate surface area is 109 Å². The van der Waals surface area contributed by atoms with Gasteiger partial charge in [-0.2, -0.15) is 0 Å². The van der Waals surface area contributed by atoms with Crippen LogP contribution in [0.5, 0.6) is 0 Å². The number of rotatable bonds is 5. The first-order valence-corrected chi connectivity index (χ1v) is 6.39. The second-order valence-electron chi connectivity index (χ2n) is 3.72. The summed E-state index contributed by atoms with van der Waals surface area (Å²) >= 11 is 1.47. The van der Waals surface area contributed by atoms with Crippen LogP contribution in [0.4, 0.5) is 10.8 Å². The number of carbonyl (C=O) groups excluding carboxylic acids is 1. The molecule has 0 saturated heterocycles. The predicted molar refractivity (Wildman–Crippen MR) is 73.1 cm³/mol. The third-order valence-corrected chi connectivity index (χ3v) is 3.19. The molecule has 2 rings (SSSR count). The van der Waals surface area contributed by atoms with Crippen LogP contribution < -0.4 is 16.8 Å². The third kappa shape index (κ3) is 2.85. The number of nitrogens with two attached hydrogens (primary N) is 2. The van der Waals surface area contributed by atoms with Crippen molar-refractivity contribution in [3.8, 4) is 0 Å². The maximum atomic E-state index is 11.3. The zero-order chi connectivity index (χ0) is 13.0. The lowest BCUT2D eigenvalue weighted by Gasteiger charge is -2.06. The molecule has 1 aromatic heterocycles. The van der Waals surface area contributed by atoms with E-state index in [1.54, 1.807) is 18.2 Å². The van der Waals surface area contributed by atoms with Crippen molar-refractivity contribution in [3.05, 3.63) is 40.9 Å². The minimum Gasteiger partial charge on any atom is -0.366 e. The highest BCUT2D eigenvalue weighted by Crippen LogP contribution is 2.23. The van der Waals surface area contributed by atoms with Crippen LogP contribution in [0, 0.1) is 0 Å². The Hall–Kier alpha value is -1.92. The number of nitrogens with zero attached hydrogens (tertiary/aromatic N) is 1. The molecule has 0 aliphatic rings. The summed E-state index contributed by atoms with van der Waals surface area (Å²) in [6.07, 6.45) is 0.746.